The molecule has 1 saturated carbocycles. The Labute approximate surface area is 181 Å². The number of amides is 2. The minimum Gasteiger partial charge on any atom is -0.337 e. The fourth-order valence-corrected chi connectivity index (χ4v) is 4.81. The summed E-state index contributed by atoms with van der Waals surface area (Å²) in [5.41, 5.74) is 2.83. The van der Waals surface area contributed by atoms with Crippen molar-refractivity contribution in [2.45, 2.75) is 58.0 Å². The average Bonchev–Trinajstić information content (AvgIpc) is 3.64. The topological polar surface area (TPSA) is 86.4 Å². The van der Waals surface area contributed by atoms with Gasteiger partial charge in [0.05, 0.1) is 23.8 Å². The van der Waals surface area contributed by atoms with Gasteiger partial charge in [-0.15, -0.1) is 0 Å². The standard InChI is InChI=1S/C24H28N4O3/c1-15-6-2-3-7-17(15)24(31)28-12-5-4-8-20(28)21-25-19-11-13-27(23(30)16-9-10-16)14-18(19)22(29)26-21/h2-3,6-7,16,20H,4-5,8-14H2,1H3,(H,25,26,29). The summed E-state index contributed by atoms with van der Waals surface area (Å²) in [7, 11) is 0. The van der Waals surface area contributed by atoms with E-state index in [1.165, 1.54) is 0 Å². The van der Waals surface area contributed by atoms with Crippen LogP contribution in [0.5, 0.6) is 0 Å². The fraction of sp³-hybridized carbons (Fsp3) is 0.500. The molecule has 1 unspecified atom stereocenters. The fourth-order valence-electron chi connectivity index (χ4n) is 4.81. The van der Waals surface area contributed by atoms with E-state index < -0.39 is 0 Å². The van der Waals surface area contributed by atoms with Gasteiger partial charge in [0.25, 0.3) is 11.5 Å². The molecule has 0 radical (unpaired) electrons. The molecular weight excluding hydrogens is 392 g/mol. The Hall–Kier alpha value is -2.96. The average molecular weight is 421 g/mol. The highest BCUT2D eigenvalue weighted by molar-refractivity contribution is 5.95. The zero-order chi connectivity index (χ0) is 21.5. The number of hydrogen-bond acceptors (Lipinski definition) is 4. The van der Waals surface area contributed by atoms with Gasteiger partial charge >= 0.3 is 0 Å². The molecule has 0 spiro atoms. The summed E-state index contributed by atoms with van der Waals surface area (Å²) in [6.45, 7) is 3.54. The molecule has 31 heavy (non-hydrogen) atoms. The third kappa shape index (κ3) is 3.77. The van der Waals surface area contributed by atoms with E-state index in [-0.39, 0.29) is 29.3 Å². The van der Waals surface area contributed by atoms with E-state index >= 15 is 0 Å². The summed E-state index contributed by atoms with van der Waals surface area (Å²) in [6, 6.07) is 7.38. The molecule has 2 aliphatic heterocycles. The molecule has 1 saturated heterocycles. The lowest BCUT2D eigenvalue weighted by atomic mass is 9.98. The number of nitrogens with one attached hydrogen (secondary N) is 1. The lowest BCUT2D eigenvalue weighted by molar-refractivity contribution is -0.133. The first-order valence-corrected chi connectivity index (χ1v) is 11.3. The molecule has 3 aliphatic rings. The van der Waals surface area contributed by atoms with Crippen molar-refractivity contribution in [1.29, 1.82) is 0 Å². The van der Waals surface area contributed by atoms with E-state index in [4.69, 9.17) is 4.98 Å². The molecule has 2 amide bonds. The second-order valence-corrected chi connectivity index (χ2v) is 8.99. The first-order chi connectivity index (χ1) is 15.0. The second kappa shape index (κ2) is 7.94. The van der Waals surface area contributed by atoms with Crippen LogP contribution in [0.1, 0.15) is 71.1 Å². The van der Waals surface area contributed by atoms with Gasteiger partial charge in [-0.1, -0.05) is 18.2 Å². The van der Waals surface area contributed by atoms with Crippen molar-refractivity contribution in [3.8, 4) is 0 Å². The van der Waals surface area contributed by atoms with Crippen molar-refractivity contribution in [3.63, 3.8) is 0 Å². The Morgan fingerprint density at radius 2 is 1.90 bits per heavy atom. The van der Waals surface area contributed by atoms with E-state index in [0.717, 1.165) is 43.4 Å². The third-order valence-corrected chi connectivity index (χ3v) is 6.78. The number of aromatic amines is 1. The molecule has 1 atom stereocenters. The van der Waals surface area contributed by atoms with Crippen molar-refractivity contribution in [2.75, 3.05) is 13.1 Å². The highest BCUT2D eigenvalue weighted by Crippen LogP contribution is 2.33. The summed E-state index contributed by atoms with van der Waals surface area (Å²) in [5.74, 6) is 0.879. The van der Waals surface area contributed by atoms with Gasteiger partial charge in [-0.2, -0.15) is 0 Å². The molecule has 3 heterocycles. The number of likely N-dealkylation sites (tertiary alicyclic amines) is 1. The van der Waals surface area contributed by atoms with Crippen LogP contribution >= 0.6 is 0 Å². The zero-order valence-electron chi connectivity index (χ0n) is 17.9. The molecule has 7 nitrogen and oxygen atoms in total. The Bertz CT molecular complexity index is 1090. The molecule has 0 bridgehead atoms. The summed E-state index contributed by atoms with van der Waals surface area (Å²) in [5, 5.41) is 0. The monoisotopic (exact) mass is 420 g/mol. The van der Waals surface area contributed by atoms with Crippen LogP contribution in [0.4, 0.5) is 0 Å². The summed E-state index contributed by atoms with van der Waals surface area (Å²) in [4.78, 5) is 50.1. The van der Waals surface area contributed by atoms with Crippen LogP contribution in [-0.2, 0) is 17.8 Å². The number of piperidine rings is 1. The molecule has 2 fully saturated rings. The number of carbonyl (C=O) groups excluding carboxylic acids is 2. The number of benzene rings is 1. The van der Waals surface area contributed by atoms with Gasteiger partial charge in [0.2, 0.25) is 5.91 Å². The number of fused-ring (bicyclic) bond motifs is 1. The zero-order valence-corrected chi connectivity index (χ0v) is 17.9. The minimum absolute atomic E-state index is 0.00984. The number of aromatic nitrogens is 2. The van der Waals surface area contributed by atoms with Crippen molar-refractivity contribution < 1.29 is 9.59 Å². The minimum atomic E-state index is -0.231. The van der Waals surface area contributed by atoms with Crippen LogP contribution in [0, 0.1) is 12.8 Å². The number of aryl methyl sites for hydroxylation is 1. The Morgan fingerprint density at radius 3 is 2.68 bits per heavy atom. The van der Waals surface area contributed by atoms with Gasteiger partial charge < -0.3 is 14.8 Å². The van der Waals surface area contributed by atoms with Gasteiger partial charge in [0.1, 0.15) is 5.82 Å². The van der Waals surface area contributed by atoms with E-state index in [1.807, 2.05) is 36.1 Å². The maximum atomic E-state index is 13.3. The quantitative estimate of drug-likeness (QED) is 0.827. The lowest BCUT2D eigenvalue weighted by Crippen LogP contribution is -2.43. The van der Waals surface area contributed by atoms with Crippen LogP contribution in [0.15, 0.2) is 29.1 Å². The molecule has 2 aromatic rings. The van der Waals surface area contributed by atoms with E-state index in [1.54, 1.807) is 4.90 Å². The lowest BCUT2D eigenvalue weighted by Gasteiger charge is -2.36. The maximum Gasteiger partial charge on any atom is 0.256 e. The highest BCUT2D eigenvalue weighted by atomic mass is 16.2. The van der Waals surface area contributed by atoms with Crippen LogP contribution in [0.3, 0.4) is 0 Å². The van der Waals surface area contributed by atoms with Crippen molar-refractivity contribution in [3.05, 3.63) is 62.8 Å². The molecule has 1 aromatic carbocycles. The number of hydrogen-bond donors (Lipinski definition) is 1. The predicted octanol–water partition coefficient (Wildman–Crippen LogP) is 2.74. The third-order valence-electron chi connectivity index (χ3n) is 6.78. The molecule has 162 valence electrons. The molecule has 1 aliphatic carbocycles. The maximum absolute atomic E-state index is 13.3. The van der Waals surface area contributed by atoms with Crippen LogP contribution in [0.25, 0.3) is 0 Å². The smallest absolute Gasteiger partial charge is 0.256 e. The summed E-state index contributed by atoms with van der Waals surface area (Å²) >= 11 is 0. The second-order valence-electron chi connectivity index (χ2n) is 8.99. The van der Waals surface area contributed by atoms with Crippen LogP contribution < -0.4 is 5.56 Å². The molecule has 1 aromatic heterocycles. The van der Waals surface area contributed by atoms with E-state index in [0.29, 0.717) is 43.0 Å². The number of carbonyl (C=O) groups is 2. The predicted molar refractivity (Wildman–Crippen MR) is 116 cm³/mol. The molecular formula is C24H28N4O3. The van der Waals surface area contributed by atoms with Crippen molar-refractivity contribution >= 4 is 11.8 Å². The Kier molecular flexibility index (Phi) is 5.12. The first kappa shape index (κ1) is 20.0. The van der Waals surface area contributed by atoms with Crippen LogP contribution in [0.2, 0.25) is 0 Å². The SMILES string of the molecule is Cc1ccccc1C(=O)N1CCCCC1c1nc2c(c(=O)[nH]1)CN(C(=O)C1CC1)CC2. The normalized spacial score (nSPS) is 21.0. The molecule has 7 heteroatoms. The largest absolute Gasteiger partial charge is 0.337 e. The van der Waals surface area contributed by atoms with Gasteiger partial charge in [-0.05, 0) is 50.7 Å². The van der Waals surface area contributed by atoms with E-state index in [2.05, 4.69) is 4.98 Å². The van der Waals surface area contributed by atoms with Crippen molar-refractivity contribution in [1.82, 2.24) is 19.8 Å². The van der Waals surface area contributed by atoms with Gasteiger partial charge in [-0.3, -0.25) is 14.4 Å². The first-order valence-electron chi connectivity index (χ1n) is 11.3. The molecule has 5 rings (SSSR count). The Balaban J connectivity index is 1.43. The van der Waals surface area contributed by atoms with Crippen LogP contribution in [-0.4, -0.2) is 44.7 Å². The van der Waals surface area contributed by atoms with Gasteiger partial charge in [0.15, 0.2) is 0 Å². The van der Waals surface area contributed by atoms with Gasteiger partial charge in [0, 0.05) is 31.0 Å². The summed E-state index contributed by atoms with van der Waals surface area (Å²) in [6.07, 6.45) is 5.23. The number of rotatable bonds is 3. The number of H-pyrrole nitrogens is 1. The molecule has 1 N–H and O–H groups in total. The van der Waals surface area contributed by atoms with Gasteiger partial charge in [-0.25, -0.2) is 4.98 Å². The summed E-state index contributed by atoms with van der Waals surface area (Å²) < 4.78 is 0. The van der Waals surface area contributed by atoms with Crippen molar-refractivity contribution in [2.24, 2.45) is 5.92 Å². The highest BCUT2D eigenvalue weighted by Gasteiger charge is 2.36. The Morgan fingerprint density at radius 1 is 1.10 bits per heavy atom. The van der Waals surface area contributed by atoms with E-state index in [9.17, 15) is 14.4 Å². The number of nitrogens with zero attached hydrogens (tertiary/aromatic N) is 3.